The zero-order valence-corrected chi connectivity index (χ0v) is 19.1. The maximum Gasteiger partial charge on any atom is 0.337 e. The van der Waals surface area contributed by atoms with Crippen LogP contribution in [-0.2, 0) is 11.3 Å². The van der Waals surface area contributed by atoms with Crippen LogP contribution in [0.25, 0.3) is 16.0 Å². The number of hydrogen-bond donors (Lipinski definition) is 1. The Kier molecular flexibility index (Phi) is 5.98. The van der Waals surface area contributed by atoms with Gasteiger partial charge in [0.05, 0.1) is 5.69 Å². The first-order valence-corrected chi connectivity index (χ1v) is 11.7. The molecule has 4 aromatic rings. The van der Waals surface area contributed by atoms with Crippen LogP contribution in [0.3, 0.4) is 0 Å². The van der Waals surface area contributed by atoms with Crippen molar-refractivity contribution in [2.24, 2.45) is 0 Å². The minimum Gasteiger partial charge on any atom is -0.324 e. The Morgan fingerprint density at radius 2 is 1.88 bits per heavy atom. The number of anilines is 1. The fourth-order valence-corrected chi connectivity index (χ4v) is 4.67. The highest BCUT2D eigenvalue weighted by molar-refractivity contribution is 8.00. The van der Waals surface area contributed by atoms with Gasteiger partial charge in [-0.25, -0.2) is 18.7 Å². The predicted octanol–water partition coefficient (Wildman–Crippen LogP) is 3.73. The number of hydrogen-bond acceptors (Lipinski definition) is 6. The van der Waals surface area contributed by atoms with Crippen LogP contribution in [0.2, 0.25) is 0 Å². The molecule has 2 aromatic carbocycles. The first-order chi connectivity index (χ1) is 15.3. The summed E-state index contributed by atoms with van der Waals surface area (Å²) in [7, 11) is 0. The molecule has 0 aliphatic rings. The van der Waals surface area contributed by atoms with Gasteiger partial charge in [0, 0.05) is 5.69 Å². The predicted molar refractivity (Wildman–Crippen MR) is 126 cm³/mol. The van der Waals surface area contributed by atoms with Gasteiger partial charge in [0.2, 0.25) is 5.91 Å². The SMILES string of the molecule is CSc1nc2c(s1)c(=O)n(-c1ccc(C)cc1)c(=O)n2CC(=O)Nc1ccc(C)c(F)c1. The van der Waals surface area contributed by atoms with Gasteiger partial charge in [-0.1, -0.05) is 35.5 Å². The van der Waals surface area contributed by atoms with E-state index >= 15 is 0 Å². The van der Waals surface area contributed by atoms with Gasteiger partial charge in [-0.15, -0.1) is 11.3 Å². The number of fused-ring (bicyclic) bond motifs is 1. The Balaban J connectivity index is 1.82. The molecule has 2 heterocycles. The highest BCUT2D eigenvalue weighted by atomic mass is 32.2. The average molecular weight is 471 g/mol. The maximum absolute atomic E-state index is 13.8. The summed E-state index contributed by atoms with van der Waals surface area (Å²) in [5.74, 6) is -0.983. The van der Waals surface area contributed by atoms with Crippen LogP contribution in [-0.4, -0.2) is 26.3 Å². The number of thioether (sulfide) groups is 1. The number of aromatic nitrogens is 3. The lowest BCUT2D eigenvalue weighted by Gasteiger charge is -2.12. The Hall–Kier alpha value is -3.24. The molecule has 10 heteroatoms. The average Bonchev–Trinajstić information content (AvgIpc) is 3.20. The van der Waals surface area contributed by atoms with E-state index in [0.29, 0.717) is 15.6 Å². The Morgan fingerprint density at radius 3 is 2.53 bits per heavy atom. The molecule has 7 nitrogen and oxygen atoms in total. The fraction of sp³-hybridized carbons (Fsp3) is 0.182. The van der Waals surface area contributed by atoms with E-state index in [2.05, 4.69) is 10.3 Å². The van der Waals surface area contributed by atoms with Crippen molar-refractivity contribution < 1.29 is 9.18 Å². The van der Waals surface area contributed by atoms with E-state index < -0.39 is 23.0 Å². The van der Waals surface area contributed by atoms with Crippen LogP contribution < -0.4 is 16.6 Å². The van der Waals surface area contributed by atoms with Gasteiger partial charge in [0.15, 0.2) is 9.99 Å². The molecule has 0 saturated carbocycles. The molecule has 0 unspecified atom stereocenters. The highest BCUT2D eigenvalue weighted by Crippen LogP contribution is 2.25. The van der Waals surface area contributed by atoms with Gasteiger partial charge in [-0.05, 0) is 49.9 Å². The number of halogens is 1. The lowest BCUT2D eigenvalue weighted by molar-refractivity contribution is -0.116. The Labute approximate surface area is 190 Å². The second kappa shape index (κ2) is 8.71. The summed E-state index contributed by atoms with van der Waals surface area (Å²) in [5.41, 5.74) is 1.12. The lowest BCUT2D eigenvalue weighted by Crippen LogP contribution is -2.40. The smallest absolute Gasteiger partial charge is 0.324 e. The molecule has 0 atom stereocenters. The van der Waals surface area contributed by atoms with E-state index in [1.165, 1.54) is 33.7 Å². The van der Waals surface area contributed by atoms with E-state index in [4.69, 9.17) is 0 Å². The number of benzene rings is 2. The molecule has 0 spiro atoms. The molecule has 1 N–H and O–H groups in total. The maximum atomic E-state index is 13.8. The van der Waals surface area contributed by atoms with Crippen LogP contribution in [0.4, 0.5) is 10.1 Å². The van der Waals surface area contributed by atoms with Gasteiger partial charge < -0.3 is 5.32 Å². The monoisotopic (exact) mass is 470 g/mol. The number of aryl methyl sites for hydroxylation is 2. The quantitative estimate of drug-likeness (QED) is 0.449. The van der Waals surface area contributed by atoms with Crippen LogP contribution in [0.15, 0.2) is 56.4 Å². The summed E-state index contributed by atoms with van der Waals surface area (Å²) >= 11 is 2.52. The van der Waals surface area contributed by atoms with Crippen molar-refractivity contribution in [2.75, 3.05) is 11.6 Å². The zero-order chi connectivity index (χ0) is 23.0. The molecule has 0 radical (unpaired) electrons. The second-order valence-electron chi connectivity index (χ2n) is 7.19. The number of rotatable bonds is 5. The van der Waals surface area contributed by atoms with Gasteiger partial charge in [-0.3, -0.25) is 14.2 Å². The second-order valence-corrected chi connectivity index (χ2v) is 9.25. The van der Waals surface area contributed by atoms with Gasteiger partial charge in [0.1, 0.15) is 17.1 Å². The van der Waals surface area contributed by atoms with Crippen LogP contribution in [0, 0.1) is 19.7 Å². The van der Waals surface area contributed by atoms with E-state index in [0.717, 1.165) is 10.1 Å². The van der Waals surface area contributed by atoms with Crippen LogP contribution in [0.5, 0.6) is 0 Å². The lowest BCUT2D eigenvalue weighted by atomic mass is 10.2. The third-order valence-electron chi connectivity index (χ3n) is 4.89. The van der Waals surface area contributed by atoms with E-state index in [1.807, 2.05) is 13.2 Å². The molecule has 0 saturated heterocycles. The molecule has 0 fully saturated rings. The number of thiazole rings is 1. The molecular formula is C22H19FN4O3S2. The van der Waals surface area contributed by atoms with Crippen molar-refractivity contribution in [3.05, 3.63) is 80.2 Å². The van der Waals surface area contributed by atoms with E-state index in [9.17, 15) is 18.8 Å². The largest absolute Gasteiger partial charge is 0.337 e. The van der Waals surface area contributed by atoms with E-state index in [1.54, 1.807) is 43.3 Å². The third-order valence-corrected chi connectivity index (χ3v) is 6.91. The minimum absolute atomic E-state index is 0.156. The first kappa shape index (κ1) is 22.0. The number of carbonyl (C=O) groups excluding carboxylic acids is 1. The topological polar surface area (TPSA) is 86.0 Å². The number of nitrogens with zero attached hydrogens (tertiary/aromatic N) is 3. The molecule has 164 valence electrons. The van der Waals surface area contributed by atoms with Crippen molar-refractivity contribution in [3.63, 3.8) is 0 Å². The summed E-state index contributed by atoms with van der Waals surface area (Å²) in [6.45, 7) is 3.14. The normalized spacial score (nSPS) is 11.1. The number of carbonyl (C=O) groups is 1. The van der Waals surface area contributed by atoms with Crippen molar-refractivity contribution in [1.29, 1.82) is 0 Å². The minimum atomic E-state index is -0.672. The Morgan fingerprint density at radius 1 is 1.16 bits per heavy atom. The van der Waals surface area contributed by atoms with Crippen molar-refractivity contribution in [3.8, 4) is 5.69 Å². The summed E-state index contributed by atoms with van der Waals surface area (Å²) in [6.07, 6.45) is 1.82. The third kappa shape index (κ3) is 4.11. The number of nitrogens with one attached hydrogen (secondary N) is 1. The van der Waals surface area contributed by atoms with Crippen LogP contribution in [0.1, 0.15) is 11.1 Å². The van der Waals surface area contributed by atoms with Gasteiger partial charge in [-0.2, -0.15) is 0 Å². The van der Waals surface area contributed by atoms with Crippen LogP contribution >= 0.6 is 23.1 Å². The molecule has 32 heavy (non-hydrogen) atoms. The molecule has 0 aliphatic carbocycles. The molecule has 0 bridgehead atoms. The van der Waals surface area contributed by atoms with Crippen molar-refractivity contribution >= 4 is 45.0 Å². The highest BCUT2D eigenvalue weighted by Gasteiger charge is 2.20. The van der Waals surface area contributed by atoms with E-state index in [-0.39, 0.29) is 22.6 Å². The molecule has 1 amide bonds. The first-order valence-electron chi connectivity index (χ1n) is 9.62. The standard InChI is InChI=1S/C22H19FN4O3S2/c1-12-4-8-15(9-5-12)27-20(29)18-19(25-21(31-3)32-18)26(22(27)30)11-17(28)24-14-7-6-13(2)16(23)10-14/h4-10H,11H2,1-3H3,(H,24,28). The van der Waals surface area contributed by atoms with Crippen molar-refractivity contribution in [2.45, 2.75) is 24.7 Å². The van der Waals surface area contributed by atoms with Crippen molar-refractivity contribution in [1.82, 2.24) is 14.1 Å². The fourth-order valence-electron chi connectivity index (χ4n) is 3.18. The van der Waals surface area contributed by atoms with Gasteiger partial charge in [0.25, 0.3) is 5.56 Å². The molecular weight excluding hydrogens is 451 g/mol. The summed E-state index contributed by atoms with van der Waals surface area (Å²) in [5, 5.41) is 2.60. The summed E-state index contributed by atoms with van der Waals surface area (Å²) in [6, 6.07) is 11.3. The Bertz CT molecular complexity index is 1460. The molecule has 4 rings (SSSR count). The number of amides is 1. The molecule has 2 aromatic heterocycles. The molecule has 0 aliphatic heterocycles. The summed E-state index contributed by atoms with van der Waals surface area (Å²) in [4.78, 5) is 43.5. The van der Waals surface area contributed by atoms with Gasteiger partial charge >= 0.3 is 5.69 Å². The zero-order valence-electron chi connectivity index (χ0n) is 17.5. The summed E-state index contributed by atoms with van der Waals surface area (Å²) < 4.78 is 16.9.